The average molecular weight is 381 g/mol. The molecule has 2 aromatic carbocycles. The van der Waals surface area contributed by atoms with E-state index >= 15 is 0 Å². The summed E-state index contributed by atoms with van der Waals surface area (Å²) in [5.74, 6) is -0.712. The normalized spacial score (nSPS) is 13.9. The van der Waals surface area contributed by atoms with Crippen molar-refractivity contribution in [1.29, 1.82) is 0 Å². The van der Waals surface area contributed by atoms with Crippen molar-refractivity contribution in [2.45, 2.75) is 45.1 Å². The van der Waals surface area contributed by atoms with Crippen LogP contribution >= 0.6 is 0 Å². The Morgan fingerprint density at radius 1 is 1.04 bits per heavy atom. The predicted molar refractivity (Wildman–Crippen MR) is 109 cm³/mol. The number of nitrogens with zero attached hydrogens (tertiary/aromatic N) is 1. The van der Waals surface area contributed by atoms with Gasteiger partial charge in [-0.3, -0.25) is 19.3 Å². The van der Waals surface area contributed by atoms with E-state index < -0.39 is 5.54 Å². The van der Waals surface area contributed by atoms with Crippen LogP contribution in [0.5, 0.6) is 0 Å². The molecular weight excluding hydrogens is 354 g/mol. The third-order valence-electron chi connectivity index (χ3n) is 5.69. The van der Waals surface area contributed by atoms with Crippen molar-refractivity contribution in [2.75, 3.05) is 13.1 Å². The second-order valence-electron chi connectivity index (χ2n) is 7.42. The van der Waals surface area contributed by atoms with E-state index in [1.54, 1.807) is 12.1 Å². The first-order chi connectivity index (χ1) is 13.4. The summed E-state index contributed by atoms with van der Waals surface area (Å²) in [6, 6.07) is 10.9. The van der Waals surface area contributed by atoms with E-state index in [2.05, 4.69) is 5.32 Å². The quantitative estimate of drug-likeness (QED) is 0.688. The largest absolute Gasteiger partial charge is 0.354 e. The zero-order valence-corrected chi connectivity index (χ0v) is 16.5. The summed E-state index contributed by atoms with van der Waals surface area (Å²) in [7, 11) is 0. The van der Waals surface area contributed by atoms with Gasteiger partial charge < -0.3 is 11.1 Å². The standard InChI is InChI=1S/C22H27N3O3/c1-3-22(23,4-2)14-24-18(26)12-7-13-25-20(27)16-10-5-8-15-9-6-11-17(19(15)16)21(25)28/h5-6,8-11H,3-4,7,12-14,23H2,1-2H3,(H,24,26). The SMILES string of the molecule is CCC(N)(CC)CNC(=O)CCCN1C(=O)c2cccc3cccc(c23)C1=O. The maximum atomic E-state index is 12.8. The number of hydrogen-bond donors (Lipinski definition) is 2. The molecule has 148 valence electrons. The predicted octanol–water partition coefficient (Wildman–Crippen LogP) is 2.85. The van der Waals surface area contributed by atoms with Gasteiger partial charge in [-0.25, -0.2) is 0 Å². The van der Waals surface area contributed by atoms with E-state index in [4.69, 9.17) is 5.73 Å². The molecule has 1 aliphatic rings. The van der Waals surface area contributed by atoms with Crippen molar-refractivity contribution in [2.24, 2.45) is 5.73 Å². The highest BCUT2D eigenvalue weighted by molar-refractivity contribution is 6.25. The average Bonchev–Trinajstić information content (AvgIpc) is 2.72. The Morgan fingerprint density at radius 3 is 2.14 bits per heavy atom. The molecule has 0 unspecified atom stereocenters. The highest BCUT2D eigenvalue weighted by Gasteiger charge is 2.32. The smallest absolute Gasteiger partial charge is 0.261 e. The van der Waals surface area contributed by atoms with Crippen LogP contribution in [-0.2, 0) is 4.79 Å². The van der Waals surface area contributed by atoms with Crippen LogP contribution in [0.2, 0.25) is 0 Å². The monoisotopic (exact) mass is 381 g/mol. The van der Waals surface area contributed by atoms with Crippen molar-refractivity contribution in [3.05, 3.63) is 47.5 Å². The molecule has 6 heteroatoms. The van der Waals surface area contributed by atoms with Gasteiger partial charge in [-0.1, -0.05) is 38.1 Å². The van der Waals surface area contributed by atoms with Crippen LogP contribution in [0.1, 0.15) is 60.2 Å². The number of imide groups is 1. The van der Waals surface area contributed by atoms with Crippen molar-refractivity contribution in [3.8, 4) is 0 Å². The maximum Gasteiger partial charge on any atom is 0.261 e. The Labute approximate surface area is 165 Å². The minimum absolute atomic E-state index is 0.115. The Kier molecular flexibility index (Phi) is 5.79. The molecule has 1 heterocycles. The fraction of sp³-hybridized carbons (Fsp3) is 0.409. The van der Waals surface area contributed by atoms with Crippen molar-refractivity contribution in [3.63, 3.8) is 0 Å². The maximum absolute atomic E-state index is 12.8. The summed E-state index contributed by atoms with van der Waals surface area (Å²) in [4.78, 5) is 39.0. The molecule has 0 radical (unpaired) electrons. The van der Waals surface area contributed by atoms with Crippen LogP contribution in [0.25, 0.3) is 10.8 Å². The van der Waals surface area contributed by atoms with Crippen molar-refractivity contribution in [1.82, 2.24) is 10.2 Å². The molecule has 3 N–H and O–H groups in total. The Bertz CT molecular complexity index is 868. The van der Waals surface area contributed by atoms with Crippen LogP contribution in [0, 0.1) is 0 Å². The second kappa shape index (κ2) is 8.10. The summed E-state index contributed by atoms with van der Waals surface area (Å²) in [6.07, 6.45) is 2.22. The molecule has 0 saturated heterocycles. The molecule has 1 aliphatic heterocycles. The molecule has 3 rings (SSSR count). The summed E-state index contributed by atoms with van der Waals surface area (Å²) in [6.45, 7) is 4.64. The van der Waals surface area contributed by atoms with Gasteiger partial charge in [0.25, 0.3) is 11.8 Å². The number of amides is 3. The summed E-state index contributed by atoms with van der Waals surface area (Å²) in [5.41, 5.74) is 6.88. The van der Waals surface area contributed by atoms with E-state index in [-0.39, 0.29) is 30.7 Å². The Morgan fingerprint density at radius 2 is 1.61 bits per heavy atom. The minimum atomic E-state index is -0.392. The van der Waals surface area contributed by atoms with Crippen LogP contribution in [0.4, 0.5) is 0 Å². The molecule has 0 atom stereocenters. The van der Waals surface area contributed by atoms with Gasteiger partial charge in [0.15, 0.2) is 0 Å². The lowest BCUT2D eigenvalue weighted by molar-refractivity contribution is -0.121. The Hall–Kier alpha value is -2.73. The van der Waals surface area contributed by atoms with Crippen LogP contribution in [-0.4, -0.2) is 41.2 Å². The van der Waals surface area contributed by atoms with Gasteiger partial charge in [0, 0.05) is 41.6 Å². The van der Waals surface area contributed by atoms with E-state index in [1.165, 1.54) is 4.90 Å². The molecule has 0 spiro atoms. The van der Waals surface area contributed by atoms with Crippen molar-refractivity contribution < 1.29 is 14.4 Å². The van der Waals surface area contributed by atoms with Gasteiger partial charge in [-0.05, 0) is 36.8 Å². The number of benzene rings is 2. The number of carbonyl (C=O) groups excluding carboxylic acids is 3. The molecular formula is C22H27N3O3. The first kappa shape index (κ1) is 20.0. The molecule has 2 aromatic rings. The van der Waals surface area contributed by atoms with Gasteiger partial charge in [0.2, 0.25) is 5.91 Å². The lowest BCUT2D eigenvalue weighted by Crippen LogP contribution is -2.49. The second-order valence-corrected chi connectivity index (χ2v) is 7.42. The molecule has 0 fully saturated rings. The van der Waals surface area contributed by atoms with E-state index in [9.17, 15) is 14.4 Å². The third-order valence-corrected chi connectivity index (χ3v) is 5.69. The molecule has 0 aliphatic carbocycles. The highest BCUT2D eigenvalue weighted by atomic mass is 16.2. The van der Waals surface area contributed by atoms with E-state index in [0.29, 0.717) is 29.5 Å². The summed E-state index contributed by atoms with van der Waals surface area (Å²) >= 11 is 0. The fourth-order valence-electron chi connectivity index (χ4n) is 3.54. The molecule has 0 bridgehead atoms. The van der Waals surface area contributed by atoms with Gasteiger partial charge in [0.05, 0.1) is 0 Å². The molecule has 6 nitrogen and oxygen atoms in total. The lowest BCUT2D eigenvalue weighted by atomic mass is 9.94. The third kappa shape index (κ3) is 3.78. The van der Waals surface area contributed by atoms with Gasteiger partial charge >= 0.3 is 0 Å². The molecule has 28 heavy (non-hydrogen) atoms. The van der Waals surface area contributed by atoms with Gasteiger partial charge in [-0.15, -0.1) is 0 Å². The molecule has 0 saturated carbocycles. The minimum Gasteiger partial charge on any atom is -0.354 e. The highest BCUT2D eigenvalue weighted by Crippen LogP contribution is 2.30. The first-order valence-corrected chi connectivity index (χ1v) is 9.83. The number of nitrogens with two attached hydrogens (primary N) is 1. The van der Waals surface area contributed by atoms with Crippen molar-refractivity contribution >= 4 is 28.5 Å². The van der Waals surface area contributed by atoms with Crippen LogP contribution in [0.15, 0.2) is 36.4 Å². The number of carbonyl (C=O) groups is 3. The summed E-state index contributed by atoms with van der Waals surface area (Å²) < 4.78 is 0. The van der Waals surface area contributed by atoms with E-state index in [1.807, 2.05) is 38.1 Å². The molecule has 0 aromatic heterocycles. The van der Waals surface area contributed by atoms with Gasteiger partial charge in [-0.2, -0.15) is 0 Å². The topological polar surface area (TPSA) is 92.5 Å². The Balaban J connectivity index is 1.62. The zero-order valence-electron chi connectivity index (χ0n) is 16.5. The lowest BCUT2D eigenvalue weighted by Gasteiger charge is -2.28. The van der Waals surface area contributed by atoms with Gasteiger partial charge in [0.1, 0.15) is 0 Å². The number of nitrogens with one attached hydrogen (secondary N) is 1. The summed E-state index contributed by atoms with van der Waals surface area (Å²) in [5, 5.41) is 4.46. The first-order valence-electron chi connectivity index (χ1n) is 9.83. The zero-order chi connectivity index (χ0) is 20.3. The van der Waals surface area contributed by atoms with E-state index in [0.717, 1.165) is 18.2 Å². The van der Waals surface area contributed by atoms with Crippen LogP contribution < -0.4 is 11.1 Å². The number of rotatable bonds is 8. The molecule has 3 amide bonds. The number of hydrogen-bond acceptors (Lipinski definition) is 4. The fourth-order valence-corrected chi connectivity index (χ4v) is 3.54. The van der Waals surface area contributed by atoms with Crippen LogP contribution in [0.3, 0.4) is 0 Å².